The number of β-amino-alcohol motifs (C(OH)–C–C–N with tert-alkyl or cyclic N) is 1. The molecule has 1 aliphatic rings. The maximum atomic E-state index is 12.1. The summed E-state index contributed by atoms with van der Waals surface area (Å²) in [5, 5.41) is 12.7. The number of nitrogens with zero attached hydrogens (tertiary/aromatic N) is 1. The van der Waals surface area contributed by atoms with Crippen LogP contribution in [0.4, 0.5) is 4.79 Å². The highest BCUT2D eigenvalue weighted by Gasteiger charge is 2.38. The summed E-state index contributed by atoms with van der Waals surface area (Å²) in [6.07, 6.45) is 0.290. The summed E-state index contributed by atoms with van der Waals surface area (Å²) < 4.78 is 10.4. The largest absolute Gasteiger partial charge is 0.491 e. The Kier molecular flexibility index (Phi) is 6.97. The Hall–Kier alpha value is -2.61. The lowest BCUT2D eigenvalue weighted by molar-refractivity contribution is -0.128. The van der Waals surface area contributed by atoms with E-state index in [0.717, 1.165) is 11.3 Å². The normalized spacial score (nSPS) is 17.8. The van der Waals surface area contributed by atoms with Crippen LogP contribution in [-0.4, -0.2) is 59.8 Å². The van der Waals surface area contributed by atoms with Gasteiger partial charge in [0.15, 0.2) is 0 Å². The van der Waals surface area contributed by atoms with Gasteiger partial charge in [-0.05, 0) is 31.5 Å². The number of aliphatic hydroxyl groups is 1. The molecule has 2 N–H and O–H groups in total. The van der Waals surface area contributed by atoms with Crippen molar-refractivity contribution in [2.45, 2.75) is 38.8 Å². The van der Waals surface area contributed by atoms with Crippen molar-refractivity contribution in [1.29, 1.82) is 0 Å². The van der Waals surface area contributed by atoms with E-state index >= 15 is 0 Å². The molecule has 2 unspecified atom stereocenters. The monoisotopic (exact) mass is 364 g/mol. The number of rotatable bonds is 9. The molecular weight excluding hydrogens is 340 g/mol. The second-order valence-electron chi connectivity index (χ2n) is 5.95. The number of hydrogen-bond acceptors (Lipinski definition) is 6. The van der Waals surface area contributed by atoms with Crippen LogP contribution < -0.4 is 10.1 Å². The van der Waals surface area contributed by atoms with Crippen LogP contribution in [0.2, 0.25) is 0 Å². The van der Waals surface area contributed by atoms with Crippen molar-refractivity contribution in [3.63, 3.8) is 0 Å². The SMILES string of the molecule is CCCC1NC(=O)N(CC(O)COc2cccc(C(=O)OCC)c2)C1=O. The molecule has 0 aliphatic carbocycles. The molecule has 0 aromatic heterocycles. The molecule has 1 aromatic carbocycles. The lowest BCUT2D eigenvalue weighted by Crippen LogP contribution is -2.40. The third-order valence-corrected chi connectivity index (χ3v) is 3.87. The number of esters is 1. The summed E-state index contributed by atoms with van der Waals surface area (Å²) >= 11 is 0. The van der Waals surface area contributed by atoms with Crippen LogP contribution in [-0.2, 0) is 9.53 Å². The quantitative estimate of drug-likeness (QED) is 0.506. The second kappa shape index (κ2) is 9.19. The molecule has 1 saturated heterocycles. The molecule has 0 spiro atoms. The van der Waals surface area contributed by atoms with Crippen LogP contribution in [0, 0.1) is 0 Å². The molecule has 1 aromatic rings. The Labute approximate surface area is 152 Å². The molecule has 26 heavy (non-hydrogen) atoms. The number of carbonyl (C=O) groups is 3. The van der Waals surface area contributed by atoms with Gasteiger partial charge in [-0.1, -0.05) is 19.4 Å². The molecule has 3 amide bonds. The van der Waals surface area contributed by atoms with Gasteiger partial charge in [0.05, 0.1) is 18.7 Å². The Morgan fingerprint density at radius 3 is 2.81 bits per heavy atom. The number of amides is 3. The average molecular weight is 364 g/mol. The van der Waals surface area contributed by atoms with Gasteiger partial charge in [0.2, 0.25) is 0 Å². The first-order valence-electron chi connectivity index (χ1n) is 8.66. The fourth-order valence-electron chi connectivity index (χ4n) is 2.62. The molecular formula is C18H24N2O6. The highest BCUT2D eigenvalue weighted by molar-refractivity contribution is 6.04. The van der Waals surface area contributed by atoms with E-state index in [4.69, 9.17) is 9.47 Å². The fraction of sp³-hybridized carbons (Fsp3) is 0.500. The van der Waals surface area contributed by atoms with Gasteiger partial charge in [-0.25, -0.2) is 9.59 Å². The number of hydrogen-bond donors (Lipinski definition) is 2. The molecule has 1 fully saturated rings. The zero-order valence-corrected chi connectivity index (χ0v) is 14.9. The molecule has 0 radical (unpaired) electrons. The number of nitrogens with one attached hydrogen (secondary N) is 1. The van der Waals surface area contributed by atoms with E-state index in [1.165, 1.54) is 6.07 Å². The van der Waals surface area contributed by atoms with Crippen LogP contribution in [0.3, 0.4) is 0 Å². The average Bonchev–Trinajstić information content (AvgIpc) is 2.88. The van der Waals surface area contributed by atoms with Crippen molar-refractivity contribution in [3.8, 4) is 5.75 Å². The smallest absolute Gasteiger partial charge is 0.338 e. The van der Waals surface area contributed by atoms with Crippen molar-refractivity contribution in [2.24, 2.45) is 0 Å². The van der Waals surface area contributed by atoms with Gasteiger partial charge in [-0.3, -0.25) is 9.69 Å². The van der Waals surface area contributed by atoms with Crippen LogP contribution in [0.5, 0.6) is 5.75 Å². The van der Waals surface area contributed by atoms with E-state index in [-0.39, 0.29) is 25.7 Å². The minimum atomic E-state index is -1.05. The fourth-order valence-corrected chi connectivity index (χ4v) is 2.62. The van der Waals surface area contributed by atoms with E-state index in [9.17, 15) is 19.5 Å². The van der Waals surface area contributed by atoms with Gasteiger partial charge < -0.3 is 19.9 Å². The first-order chi connectivity index (χ1) is 12.5. The molecule has 0 saturated carbocycles. The predicted molar refractivity (Wildman–Crippen MR) is 92.8 cm³/mol. The Bertz CT molecular complexity index is 663. The maximum Gasteiger partial charge on any atom is 0.338 e. The maximum absolute atomic E-state index is 12.1. The molecule has 8 nitrogen and oxygen atoms in total. The van der Waals surface area contributed by atoms with Crippen molar-refractivity contribution in [2.75, 3.05) is 19.8 Å². The molecule has 142 valence electrons. The standard InChI is InChI=1S/C18H24N2O6/c1-3-6-15-16(22)20(18(24)19-15)10-13(21)11-26-14-8-5-7-12(9-14)17(23)25-4-2/h5,7-9,13,15,21H,3-4,6,10-11H2,1-2H3,(H,19,24). The van der Waals surface area contributed by atoms with E-state index < -0.39 is 24.1 Å². The van der Waals surface area contributed by atoms with Crippen molar-refractivity contribution >= 4 is 17.9 Å². The number of carbonyl (C=O) groups excluding carboxylic acids is 3. The van der Waals surface area contributed by atoms with E-state index in [1.807, 2.05) is 6.92 Å². The summed E-state index contributed by atoms with van der Waals surface area (Å²) in [6, 6.07) is 5.36. The molecule has 0 bridgehead atoms. The van der Waals surface area contributed by atoms with Crippen LogP contribution >= 0.6 is 0 Å². The van der Waals surface area contributed by atoms with Gasteiger partial charge in [0.25, 0.3) is 5.91 Å². The van der Waals surface area contributed by atoms with E-state index in [1.54, 1.807) is 25.1 Å². The van der Waals surface area contributed by atoms with Crippen molar-refractivity contribution in [1.82, 2.24) is 10.2 Å². The molecule has 2 atom stereocenters. The topological polar surface area (TPSA) is 105 Å². The number of urea groups is 1. The Balaban J connectivity index is 1.88. The van der Waals surface area contributed by atoms with Crippen LogP contribution in [0.15, 0.2) is 24.3 Å². The number of imide groups is 1. The molecule has 8 heteroatoms. The number of ether oxygens (including phenoxy) is 2. The van der Waals surface area contributed by atoms with E-state index in [2.05, 4.69) is 5.32 Å². The highest BCUT2D eigenvalue weighted by atomic mass is 16.5. The van der Waals surface area contributed by atoms with Gasteiger partial charge in [-0.15, -0.1) is 0 Å². The number of aliphatic hydroxyl groups excluding tert-OH is 1. The van der Waals surface area contributed by atoms with E-state index in [0.29, 0.717) is 17.7 Å². The summed E-state index contributed by atoms with van der Waals surface area (Å²) in [7, 11) is 0. The summed E-state index contributed by atoms with van der Waals surface area (Å²) in [6.45, 7) is 3.64. The Morgan fingerprint density at radius 2 is 2.12 bits per heavy atom. The summed E-state index contributed by atoms with van der Waals surface area (Å²) in [5.74, 6) is -0.407. The second-order valence-corrected chi connectivity index (χ2v) is 5.95. The lowest BCUT2D eigenvalue weighted by Gasteiger charge is -2.18. The minimum Gasteiger partial charge on any atom is -0.491 e. The molecule has 2 rings (SSSR count). The van der Waals surface area contributed by atoms with Gasteiger partial charge >= 0.3 is 12.0 Å². The Morgan fingerprint density at radius 1 is 1.35 bits per heavy atom. The summed E-state index contributed by atoms with van der Waals surface area (Å²) in [4.78, 5) is 36.7. The lowest BCUT2D eigenvalue weighted by atomic mass is 10.1. The summed E-state index contributed by atoms with van der Waals surface area (Å²) in [5.41, 5.74) is 0.343. The minimum absolute atomic E-state index is 0.123. The van der Waals surface area contributed by atoms with Crippen LogP contribution in [0.1, 0.15) is 37.0 Å². The third kappa shape index (κ3) is 4.95. The number of benzene rings is 1. The molecule has 1 heterocycles. The zero-order chi connectivity index (χ0) is 19.1. The van der Waals surface area contributed by atoms with Crippen molar-refractivity contribution in [3.05, 3.63) is 29.8 Å². The van der Waals surface area contributed by atoms with Crippen LogP contribution in [0.25, 0.3) is 0 Å². The molecule has 1 aliphatic heterocycles. The predicted octanol–water partition coefficient (Wildman–Crippen LogP) is 1.32. The first-order valence-corrected chi connectivity index (χ1v) is 8.66. The highest BCUT2D eigenvalue weighted by Crippen LogP contribution is 2.16. The third-order valence-electron chi connectivity index (χ3n) is 3.87. The first kappa shape index (κ1) is 19.7. The van der Waals surface area contributed by atoms with Crippen molar-refractivity contribution < 1.29 is 29.0 Å². The zero-order valence-electron chi connectivity index (χ0n) is 14.9. The van der Waals surface area contributed by atoms with Gasteiger partial charge in [0.1, 0.15) is 24.5 Å². The van der Waals surface area contributed by atoms with Gasteiger partial charge in [-0.2, -0.15) is 0 Å². The van der Waals surface area contributed by atoms with Gasteiger partial charge in [0, 0.05) is 0 Å².